The molecule has 1 heterocycles. The molecule has 0 fully saturated rings. The monoisotopic (exact) mass is 250 g/mol. The van der Waals surface area contributed by atoms with Gasteiger partial charge in [0, 0.05) is 11.9 Å². The Bertz CT molecular complexity index is 723. The van der Waals surface area contributed by atoms with Gasteiger partial charge in [0.2, 0.25) is 0 Å². The Balaban J connectivity index is 2.17. The fourth-order valence-corrected chi connectivity index (χ4v) is 2.17. The van der Waals surface area contributed by atoms with E-state index in [1.165, 1.54) is 0 Å². The molecule has 0 amide bonds. The fraction of sp³-hybridized carbons (Fsp3) is 0.0625. The van der Waals surface area contributed by atoms with Crippen LogP contribution in [-0.2, 0) is 0 Å². The van der Waals surface area contributed by atoms with Crippen LogP contribution in [0.15, 0.2) is 54.7 Å². The lowest BCUT2D eigenvalue weighted by Crippen LogP contribution is -1.93. The van der Waals surface area contributed by atoms with Gasteiger partial charge in [-0.1, -0.05) is 24.3 Å². The molecule has 0 aliphatic carbocycles. The van der Waals surface area contributed by atoms with Gasteiger partial charge in [0.15, 0.2) is 0 Å². The maximum Gasteiger partial charge on any atom is 0.127 e. The highest BCUT2D eigenvalue weighted by Gasteiger charge is 2.09. The maximum absolute atomic E-state index is 10.1. The number of pyridine rings is 1. The van der Waals surface area contributed by atoms with Crippen LogP contribution < -0.4 is 5.32 Å². The number of hydrogen-bond donors (Lipinski definition) is 2. The third kappa shape index (κ3) is 2.10. The Kier molecular flexibility index (Phi) is 2.80. The number of aromatic nitrogens is 1. The van der Waals surface area contributed by atoms with E-state index in [1.807, 2.05) is 49.4 Å². The molecule has 0 radical (unpaired) electrons. The number of rotatable bonds is 2. The number of phenolic OH excluding ortho intramolecular Hbond substituents is 1. The third-order valence-electron chi connectivity index (χ3n) is 3.12. The summed E-state index contributed by atoms with van der Waals surface area (Å²) in [6, 6.07) is 15.3. The Morgan fingerprint density at radius 2 is 1.79 bits per heavy atom. The Hall–Kier alpha value is -2.55. The number of nitrogens with one attached hydrogen (secondary N) is 1. The first-order chi connectivity index (χ1) is 9.25. The zero-order valence-electron chi connectivity index (χ0n) is 10.6. The summed E-state index contributed by atoms with van der Waals surface area (Å²) in [6.45, 7) is 1.99. The van der Waals surface area contributed by atoms with Gasteiger partial charge in [-0.25, -0.2) is 0 Å². The van der Waals surface area contributed by atoms with Crippen molar-refractivity contribution in [3.05, 3.63) is 60.3 Å². The van der Waals surface area contributed by atoms with Crippen molar-refractivity contribution < 1.29 is 5.11 Å². The minimum Gasteiger partial charge on any atom is -0.507 e. The van der Waals surface area contributed by atoms with Gasteiger partial charge in [0.05, 0.1) is 16.6 Å². The van der Waals surface area contributed by atoms with Crippen molar-refractivity contribution in [3.8, 4) is 5.75 Å². The number of nitrogens with zero attached hydrogens (tertiary/aromatic N) is 1. The van der Waals surface area contributed by atoms with Gasteiger partial charge in [-0.3, -0.25) is 4.98 Å². The van der Waals surface area contributed by atoms with E-state index in [4.69, 9.17) is 0 Å². The summed E-state index contributed by atoms with van der Waals surface area (Å²) < 4.78 is 0. The van der Waals surface area contributed by atoms with Crippen molar-refractivity contribution in [1.82, 2.24) is 4.98 Å². The average molecular weight is 250 g/mol. The van der Waals surface area contributed by atoms with E-state index in [1.54, 1.807) is 12.3 Å². The van der Waals surface area contributed by atoms with E-state index in [0.717, 1.165) is 27.8 Å². The SMILES string of the molecule is Cc1ccc(O)c2c(Nc3ccccc3)ccnc12. The molecule has 0 aliphatic heterocycles. The van der Waals surface area contributed by atoms with Crippen LogP contribution in [0, 0.1) is 6.92 Å². The highest BCUT2D eigenvalue weighted by molar-refractivity contribution is 5.98. The molecule has 19 heavy (non-hydrogen) atoms. The minimum atomic E-state index is 0.243. The first-order valence-electron chi connectivity index (χ1n) is 6.15. The van der Waals surface area contributed by atoms with E-state index < -0.39 is 0 Å². The predicted molar refractivity (Wildman–Crippen MR) is 77.9 cm³/mol. The largest absolute Gasteiger partial charge is 0.507 e. The summed E-state index contributed by atoms with van der Waals surface area (Å²) in [5.74, 6) is 0.243. The smallest absolute Gasteiger partial charge is 0.127 e. The van der Waals surface area contributed by atoms with Crippen LogP contribution in [0.5, 0.6) is 5.75 Å². The Labute approximate surface area is 111 Å². The molecule has 1 aromatic heterocycles. The van der Waals surface area contributed by atoms with E-state index in [9.17, 15) is 5.11 Å². The number of aryl methyl sites for hydroxylation is 1. The lowest BCUT2D eigenvalue weighted by atomic mass is 10.1. The van der Waals surface area contributed by atoms with Crippen LogP contribution >= 0.6 is 0 Å². The summed E-state index contributed by atoms with van der Waals surface area (Å²) in [7, 11) is 0. The first-order valence-corrected chi connectivity index (χ1v) is 6.15. The number of fused-ring (bicyclic) bond motifs is 1. The third-order valence-corrected chi connectivity index (χ3v) is 3.12. The van der Waals surface area contributed by atoms with Crippen LogP contribution in [0.4, 0.5) is 11.4 Å². The molecule has 94 valence electrons. The standard InChI is InChI=1S/C16H14N2O/c1-11-7-8-14(19)15-13(9-10-17-16(11)15)18-12-5-3-2-4-6-12/h2-10,19H,1H3,(H,17,18). The molecule has 3 heteroatoms. The summed E-state index contributed by atoms with van der Waals surface area (Å²) in [5.41, 5.74) is 3.71. The molecule has 3 aromatic rings. The van der Waals surface area contributed by atoms with E-state index >= 15 is 0 Å². The summed E-state index contributed by atoms with van der Waals surface area (Å²) >= 11 is 0. The molecule has 2 N–H and O–H groups in total. The van der Waals surface area contributed by atoms with Crippen molar-refractivity contribution >= 4 is 22.3 Å². The van der Waals surface area contributed by atoms with Gasteiger partial charge in [0.25, 0.3) is 0 Å². The second-order valence-electron chi connectivity index (χ2n) is 4.47. The van der Waals surface area contributed by atoms with Crippen LogP contribution in [0.1, 0.15) is 5.56 Å². The molecule has 0 saturated carbocycles. The highest BCUT2D eigenvalue weighted by atomic mass is 16.3. The van der Waals surface area contributed by atoms with Crippen molar-refractivity contribution in [2.75, 3.05) is 5.32 Å². The molecule has 2 aromatic carbocycles. The van der Waals surface area contributed by atoms with E-state index in [2.05, 4.69) is 10.3 Å². The van der Waals surface area contributed by atoms with Crippen molar-refractivity contribution in [3.63, 3.8) is 0 Å². The lowest BCUT2D eigenvalue weighted by molar-refractivity contribution is 0.481. The van der Waals surface area contributed by atoms with Crippen LogP contribution in [0.2, 0.25) is 0 Å². The van der Waals surface area contributed by atoms with Crippen molar-refractivity contribution in [2.24, 2.45) is 0 Å². The molecule has 0 spiro atoms. The van der Waals surface area contributed by atoms with Crippen LogP contribution in [-0.4, -0.2) is 10.1 Å². The number of phenols is 1. The van der Waals surface area contributed by atoms with Crippen molar-refractivity contribution in [2.45, 2.75) is 6.92 Å². The molecule has 0 unspecified atom stereocenters. The Morgan fingerprint density at radius 1 is 1.00 bits per heavy atom. The van der Waals surface area contributed by atoms with Gasteiger partial charge in [-0.15, -0.1) is 0 Å². The molecule has 3 rings (SSSR count). The zero-order chi connectivity index (χ0) is 13.2. The topological polar surface area (TPSA) is 45.1 Å². The lowest BCUT2D eigenvalue weighted by Gasteiger charge is -2.11. The molecule has 3 nitrogen and oxygen atoms in total. The molecule has 0 saturated heterocycles. The minimum absolute atomic E-state index is 0.243. The van der Waals surface area contributed by atoms with Crippen LogP contribution in [0.25, 0.3) is 10.9 Å². The van der Waals surface area contributed by atoms with Crippen LogP contribution in [0.3, 0.4) is 0 Å². The first kappa shape index (κ1) is 11.5. The van der Waals surface area contributed by atoms with Gasteiger partial charge >= 0.3 is 0 Å². The van der Waals surface area contributed by atoms with E-state index in [-0.39, 0.29) is 5.75 Å². The second-order valence-corrected chi connectivity index (χ2v) is 4.47. The zero-order valence-corrected chi connectivity index (χ0v) is 10.6. The number of benzene rings is 2. The normalized spacial score (nSPS) is 10.6. The van der Waals surface area contributed by atoms with Gasteiger partial charge in [0.1, 0.15) is 5.75 Å². The fourth-order valence-electron chi connectivity index (χ4n) is 2.17. The number of hydrogen-bond acceptors (Lipinski definition) is 3. The average Bonchev–Trinajstić information content (AvgIpc) is 2.44. The van der Waals surface area contributed by atoms with Gasteiger partial charge in [-0.2, -0.15) is 0 Å². The summed E-state index contributed by atoms with van der Waals surface area (Å²) in [6.07, 6.45) is 1.75. The predicted octanol–water partition coefficient (Wildman–Crippen LogP) is 3.99. The summed E-state index contributed by atoms with van der Waals surface area (Å²) in [4.78, 5) is 4.34. The quantitative estimate of drug-likeness (QED) is 0.722. The number of para-hydroxylation sites is 1. The summed E-state index contributed by atoms with van der Waals surface area (Å²) in [5, 5.41) is 14.1. The molecule has 0 bridgehead atoms. The van der Waals surface area contributed by atoms with E-state index in [0.29, 0.717) is 0 Å². The maximum atomic E-state index is 10.1. The molecule has 0 aliphatic rings. The second kappa shape index (κ2) is 4.61. The highest BCUT2D eigenvalue weighted by Crippen LogP contribution is 2.33. The Morgan fingerprint density at radius 3 is 2.58 bits per heavy atom. The molecule has 0 atom stereocenters. The van der Waals surface area contributed by atoms with Gasteiger partial charge in [-0.05, 0) is 36.8 Å². The van der Waals surface area contributed by atoms with Crippen molar-refractivity contribution in [1.29, 1.82) is 0 Å². The number of aromatic hydroxyl groups is 1. The molecular formula is C16H14N2O. The van der Waals surface area contributed by atoms with Gasteiger partial charge < -0.3 is 10.4 Å². The molecular weight excluding hydrogens is 236 g/mol. The number of anilines is 2.